The summed E-state index contributed by atoms with van der Waals surface area (Å²) in [6, 6.07) is 4.39. The van der Waals surface area contributed by atoms with E-state index in [4.69, 9.17) is 10.2 Å². The van der Waals surface area contributed by atoms with Crippen molar-refractivity contribution in [2.24, 2.45) is 0 Å². The Labute approximate surface area is 144 Å². The minimum absolute atomic E-state index is 0.521. The first-order valence-corrected chi connectivity index (χ1v) is 7.06. The van der Waals surface area contributed by atoms with Gasteiger partial charge in [0.1, 0.15) is 12.0 Å². The number of alkyl halides is 5. The summed E-state index contributed by atoms with van der Waals surface area (Å²) in [5, 5.41) is 37.4. The molecule has 0 bridgehead atoms. The van der Waals surface area contributed by atoms with Gasteiger partial charge >= 0.3 is 23.3 Å². The molecule has 0 saturated carbocycles. The van der Waals surface area contributed by atoms with Crippen molar-refractivity contribution in [2.75, 3.05) is 0 Å². The predicted octanol–water partition coefficient (Wildman–Crippen LogP) is 0.379. The van der Waals surface area contributed by atoms with E-state index in [1.165, 1.54) is 12.1 Å². The summed E-state index contributed by atoms with van der Waals surface area (Å²) >= 11 is -1.78. The molecule has 1 aliphatic heterocycles. The average Bonchev–Trinajstić information content (AvgIpc) is 2.77. The largest absolute Gasteiger partial charge is 0.468 e. The lowest BCUT2D eigenvalue weighted by atomic mass is 10.1. The van der Waals surface area contributed by atoms with Crippen LogP contribution < -0.4 is 0 Å². The minimum Gasteiger partial charge on any atom is -0.343 e. The van der Waals surface area contributed by atoms with Gasteiger partial charge < -0.3 is 20.4 Å². The van der Waals surface area contributed by atoms with Crippen molar-refractivity contribution in [3.8, 4) is 0 Å². The van der Waals surface area contributed by atoms with E-state index in [1.807, 2.05) is 0 Å². The maximum atomic E-state index is 14.1. The van der Waals surface area contributed by atoms with Gasteiger partial charge in [-0.15, -0.1) is 0 Å². The Morgan fingerprint density at radius 3 is 1.69 bits per heavy atom. The fraction of sp³-hybridized carbons (Fsp3) is 0.333. The Morgan fingerprint density at radius 1 is 0.885 bits per heavy atom. The summed E-state index contributed by atoms with van der Waals surface area (Å²) in [6.07, 6.45) is 0. The highest BCUT2D eigenvalue weighted by Gasteiger charge is 2.73. The highest BCUT2D eigenvalue weighted by atomic mass is 32.2. The van der Waals surface area contributed by atoms with Gasteiger partial charge in [0.05, 0.1) is 11.1 Å². The lowest BCUT2D eigenvalue weighted by molar-refractivity contribution is -0.470. The van der Waals surface area contributed by atoms with E-state index in [0.717, 1.165) is 12.1 Å². The second-order valence-corrected chi connectivity index (χ2v) is 5.72. The number of hydrogen-bond acceptors (Lipinski definition) is 8. The van der Waals surface area contributed by atoms with Crippen LogP contribution in [-0.4, -0.2) is 60.5 Å². The van der Waals surface area contributed by atoms with Gasteiger partial charge in [-0.1, -0.05) is 12.1 Å². The molecule has 0 unspecified atom stereocenters. The average molecular weight is 405 g/mol. The molecule has 2 rings (SSSR count). The van der Waals surface area contributed by atoms with Gasteiger partial charge in [0, 0.05) is 0 Å². The maximum Gasteiger partial charge on any atom is 0.468 e. The zero-order chi connectivity index (χ0) is 20.1. The molecular weight excluding hydrogens is 397 g/mol. The van der Waals surface area contributed by atoms with Gasteiger partial charge in [-0.2, -0.15) is 22.0 Å². The number of rotatable bonds is 5. The molecule has 4 N–H and O–H groups in total. The fourth-order valence-electron chi connectivity index (χ4n) is 1.99. The molecule has 2 amide bonds. The number of imide groups is 1. The van der Waals surface area contributed by atoms with Gasteiger partial charge in [-0.05, 0) is 12.1 Å². The summed E-state index contributed by atoms with van der Waals surface area (Å²) in [5.74, 6) is -19.2. The number of fused-ring (bicyclic) bond motifs is 1. The molecule has 0 aliphatic carbocycles. The zero-order valence-corrected chi connectivity index (χ0v) is 12.9. The van der Waals surface area contributed by atoms with Crippen LogP contribution in [0.15, 0.2) is 24.3 Å². The van der Waals surface area contributed by atoms with E-state index >= 15 is 0 Å². The number of halogens is 5. The predicted molar refractivity (Wildman–Crippen MR) is 71.0 cm³/mol. The van der Waals surface area contributed by atoms with Crippen molar-refractivity contribution >= 4 is 23.9 Å². The number of hydrogen-bond donors (Lipinski definition) is 4. The van der Waals surface area contributed by atoms with Crippen LogP contribution in [-0.2, 0) is 4.18 Å². The maximum absolute atomic E-state index is 14.1. The van der Waals surface area contributed by atoms with Gasteiger partial charge in [0.25, 0.3) is 11.8 Å². The highest BCUT2D eigenvalue weighted by Crippen LogP contribution is 2.45. The lowest BCUT2D eigenvalue weighted by Gasteiger charge is -2.40. The standard InChI is InChI=1S/C12H8F5NO7S/c13-9(14,11(23,24)25-26-12(15,16)17)10(21,22)18-7(19)5-3-1-2-4-6(5)8(18)20/h1-4,21-24H. The smallest absolute Gasteiger partial charge is 0.343 e. The number of nitrogens with zero attached hydrogens (tertiary/aromatic N) is 1. The van der Waals surface area contributed by atoms with E-state index < -0.39 is 63.2 Å². The van der Waals surface area contributed by atoms with Crippen molar-refractivity contribution in [1.82, 2.24) is 4.90 Å². The molecule has 1 aromatic carbocycles. The second-order valence-electron chi connectivity index (χ2n) is 4.92. The van der Waals surface area contributed by atoms with Crippen LogP contribution >= 0.6 is 12.0 Å². The van der Waals surface area contributed by atoms with Crippen LogP contribution in [0.25, 0.3) is 0 Å². The van der Waals surface area contributed by atoms with Crippen molar-refractivity contribution in [1.29, 1.82) is 0 Å². The van der Waals surface area contributed by atoms with Crippen LogP contribution in [0.4, 0.5) is 22.0 Å². The van der Waals surface area contributed by atoms with Crippen molar-refractivity contribution in [3.63, 3.8) is 0 Å². The van der Waals surface area contributed by atoms with Crippen LogP contribution in [0.1, 0.15) is 20.7 Å². The summed E-state index contributed by atoms with van der Waals surface area (Å²) < 4.78 is 67.4. The van der Waals surface area contributed by atoms with Crippen molar-refractivity contribution in [2.45, 2.75) is 23.3 Å². The number of amides is 2. The summed E-state index contributed by atoms with van der Waals surface area (Å²) in [6.45, 7) is 0. The Kier molecular flexibility index (Phi) is 4.81. The fourth-order valence-corrected chi connectivity index (χ4v) is 2.30. The first-order chi connectivity index (χ1) is 11.6. The van der Waals surface area contributed by atoms with E-state index in [1.54, 1.807) is 0 Å². The van der Waals surface area contributed by atoms with Crippen molar-refractivity contribution in [3.05, 3.63) is 35.4 Å². The van der Waals surface area contributed by atoms with E-state index in [2.05, 4.69) is 4.18 Å². The molecule has 144 valence electrons. The Bertz CT molecular complexity index is 717. The quantitative estimate of drug-likeness (QED) is 0.240. The van der Waals surface area contributed by atoms with E-state index in [-0.39, 0.29) is 0 Å². The third kappa shape index (κ3) is 3.15. The first-order valence-electron chi connectivity index (χ1n) is 6.32. The summed E-state index contributed by atoms with van der Waals surface area (Å²) in [5.41, 5.74) is -6.41. The highest BCUT2D eigenvalue weighted by molar-refractivity contribution is 7.95. The van der Waals surface area contributed by atoms with E-state index in [0.29, 0.717) is 0 Å². The molecule has 0 saturated heterocycles. The number of benzene rings is 1. The first kappa shape index (κ1) is 20.5. The molecule has 1 heterocycles. The summed E-state index contributed by atoms with van der Waals surface area (Å²) in [7, 11) is 0. The van der Waals surface area contributed by atoms with Crippen LogP contribution in [0.2, 0.25) is 0 Å². The van der Waals surface area contributed by atoms with E-state index in [9.17, 15) is 41.8 Å². The van der Waals surface area contributed by atoms with Crippen LogP contribution in [0, 0.1) is 0 Å². The molecule has 1 aromatic rings. The molecule has 0 fully saturated rings. The second kappa shape index (κ2) is 6.11. The third-order valence-corrected chi connectivity index (χ3v) is 3.69. The molecule has 14 heteroatoms. The number of aliphatic hydroxyl groups is 4. The molecule has 0 spiro atoms. The molecule has 0 atom stereocenters. The number of carbonyl (C=O) groups excluding carboxylic acids is 2. The Hall–Kier alpha value is -1.84. The SMILES string of the molecule is O=C1c2ccccc2C(=O)N1C(O)(O)C(F)(F)C(O)(O)OSC(F)(F)F. The number of carbonyl (C=O) groups is 2. The molecular formula is C12H8F5NO7S. The van der Waals surface area contributed by atoms with Crippen LogP contribution in [0.5, 0.6) is 0 Å². The molecule has 8 nitrogen and oxygen atoms in total. The molecule has 26 heavy (non-hydrogen) atoms. The van der Waals surface area contributed by atoms with Gasteiger partial charge in [-0.25, -0.2) is 9.08 Å². The molecule has 0 radical (unpaired) electrons. The zero-order valence-electron chi connectivity index (χ0n) is 12.1. The van der Waals surface area contributed by atoms with Gasteiger partial charge in [0.15, 0.2) is 0 Å². The Balaban J connectivity index is 2.39. The summed E-state index contributed by atoms with van der Waals surface area (Å²) in [4.78, 5) is 23.2. The van der Waals surface area contributed by atoms with Gasteiger partial charge in [0.2, 0.25) is 0 Å². The van der Waals surface area contributed by atoms with Gasteiger partial charge in [-0.3, -0.25) is 9.59 Å². The minimum atomic E-state index is -5.79. The third-order valence-electron chi connectivity index (χ3n) is 3.19. The Morgan fingerprint density at radius 2 is 1.31 bits per heavy atom. The molecule has 0 aromatic heterocycles. The monoisotopic (exact) mass is 405 g/mol. The molecule has 1 aliphatic rings. The lowest BCUT2D eigenvalue weighted by Crippen LogP contribution is -2.71. The van der Waals surface area contributed by atoms with Crippen LogP contribution in [0.3, 0.4) is 0 Å². The normalized spacial score (nSPS) is 16.3. The topological polar surface area (TPSA) is 128 Å². The van der Waals surface area contributed by atoms with Crippen molar-refractivity contribution < 1.29 is 56.2 Å².